The maximum atomic E-state index is 13.2. The lowest BCUT2D eigenvalue weighted by atomic mass is 9.76. The molecule has 0 spiro atoms. The van der Waals surface area contributed by atoms with Gasteiger partial charge in [0.05, 0.1) is 16.8 Å². The summed E-state index contributed by atoms with van der Waals surface area (Å²) in [5.74, 6) is -0.310. The summed E-state index contributed by atoms with van der Waals surface area (Å²) in [6, 6.07) is 3.15. The molecule has 1 aliphatic rings. The molecule has 1 saturated heterocycles. The molecule has 0 radical (unpaired) electrons. The van der Waals surface area contributed by atoms with E-state index in [1.54, 1.807) is 20.8 Å². The first-order chi connectivity index (χ1) is 11.5. The third-order valence-electron chi connectivity index (χ3n) is 4.82. The molecule has 1 fully saturated rings. The van der Waals surface area contributed by atoms with Crippen LogP contribution in [0.3, 0.4) is 0 Å². The third-order valence-corrected chi connectivity index (χ3v) is 4.82. The molecule has 0 unspecified atom stereocenters. The molecule has 2 rings (SSSR count). The van der Waals surface area contributed by atoms with Crippen molar-refractivity contribution < 1.29 is 27.3 Å². The van der Waals surface area contributed by atoms with E-state index in [1.165, 1.54) is 6.07 Å². The van der Waals surface area contributed by atoms with Crippen LogP contribution in [0.15, 0.2) is 18.2 Å². The first kappa shape index (κ1) is 20.8. The number of anilines is 1. The average molecular weight is 371 g/mol. The van der Waals surface area contributed by atoms with Crippen LogP contribution in [0.5, 0.6) is 0 Å². The minimum Gasteiger partial charge on any atom is -0.399 e. The zero-order valence-electron chi connectivity index (χ0n) is 16.2. The lowest BCUT2D eigenvalue weighted by Crippen LogP contribution is -2.41. The van der Waals surface area contributed by atoms with Gasteiger partial charge in [0.25, 0.3) is 0 Å². The predicted octanol–water partition coefficient (Wildman–Crippen LogP) is 3.99. The van der Waals surface area contributed by atoms with Gasteiger partial charge in [-0.05, 0) is 45.9 Å². The number of hydrogen-bond acceptors (Lipinski definition) is 3. The molecule has 1 aromatic carbocycles. The van der Waals surface area contributed by atoms with E-state index in [4.69, 9.17) is 9.31 Å². The van der Waals surface area contributed by atoms with Crippen molar-refractivity contribution in [1.82, 2.24) is 0 Å². The fraction of sp³-hybridized carbons (Fsp3) is 0.611. The molecule has 1 heterocycles. The van der Waals surface area contributed by atoms with Crippen LogP contribution < -0.4 is 10.8 Å². The van der Waals surface area contributed by atoms with Crippen molar-refractivity contribution in [2.45, 2.75) is 65.8 Å². The summed E-state index contributed by atoms with van der Waals surface area (Å²) in [6.45, 7) is 12.4. The van der Waals surface area contributed by atoms with E-state index in [-0.39, 0.29) is 17.1 Å². The highest BCUT2D eigenvalue weighted by atomic mass is 19.4. The molecule has 1 N–H and O–H groups in total. The predicted molar refractivity (Wildman–Crippen MR) is 95.2 cm³/mol. The summed E-state index contributed by atoms with van der Waals surface area (Å²) in [5.41, 5.74) is -2.55. The van der Waals surface area contributed by atoms with E-state index in [0.29, 0.717) is 0 Å². The Bertz CT molecular complexity index is 693. The molecule has 4 nitrogen and oxygen atoms in total. The van der Waals surface area contributed by atoms with Crippen LogP contribution in [0, 0.1) is 5.41 Å². The topological polar surface area (TPSA) is 47.6 Å². The average Bonchev–Trinajstić information content (AvgIpc) is 2.65. The van der Waals surface area contributed by atoms with Gasteiger partial charge in [-0.25, -0.2) is 0 Å². The third kappa shape index (κ3) is 4.06. The smallest absolute Gasteiger partial charge is 0.399 e. The van der Waals surface area contributed by atoms with Crippen LogP contribution in [-0.4, -0.2) is 24.2 Å². The second-order valence-corrected chi connectivity index (χ2v) is 8.59. The fourth-order valence-corrected chi connectivity index (χ4v) is 2.33. The molecule has 1 aromatic rings. The lowest BCUT2D eigenvalue weighted by Gasteiger charge is -2.32. The lowest BCUT2D eigenvalue weighted by molar-refractivity contribution is -0.137. The highest BCUT2D eigenvalue weighted by molar-refractivity contribution is 6.64. The molecule has 0 bridgehead atoms. The van der Waals surface area contributed by atoms with Crippen molar-refractivity contribution in [2.75, 3.05) is 5.32 Å². The normalized spacial score (nSPS) is 19.5. The van der Waals surface area contributed by atoms with Gasteiger partial charge in [0.2, 0.25) is 5.91 Å². The van der Waals surface area contributed by atoms with Crippen molar-refractivity contribution >= 4 is 24.2 Å². The van der Waals surface area contributed by atoms with Gasteiger partial charge in [-0.3, -0.25) is 4.79 Å². The molecule has 144 valence electrons. The van der Waals surface area contributed by atoms with Crippen LogP contribution in [-0.2, 0) is 20.3 Å². The highest BCUT2D eigenvalue weighted by Gasteiger charge is 2.52. The minimum atomic E-state index is -4.51. The Hall–Kier alpha value is -1.54. The van der Waals surface area contributed by atoms with E-state index >= 15 is 0 Å². The van der Waals surface area contributed by atoms with Crippen LogP contribution in [0.25, 0.3) is 0 Å². The Balaban J connectivity index is 2.49. The van der Waals surface area contributed by atoms with E-state index < -0.39 is 35.5 Å². The molecule has 0 saturated carbocycles. The summed E-state index contributed by atoms with van der Waals surface area (Å²) in [4.78, 5) is 12.3. The minimum absolute atomic E-state index is 0.149. The Labute approximate surface area is 152 Å². The second kappa shape index (κ2) is 6.27. The van der Waals surface area contributed by atoms with E-state index in [9.17, 15) is 18.0 Å². The van der Waals surface area contributed by atoms with Gasteiger partial charge in [-0.1, -0.05) is 20.8 Å². The van der Waals surface area contributed by atoms with Crippen LogP contribution in [0.2, 0.25) is 0 Å². The van der Waals surface area contributed by atoms with Gasteiger partial charge in [-0.2, -0.15) is 13.2 Å². The number of rotatable bonds is 2. The van der Waals surface area contributed by atoms with Crippen LogP contribution in [0.4, 0.5) is 18.9 Å². The monoisotopic (exact) mass is 371 g/mol. The first-order valence-electron chi connectivity index (χ1n) is 8.43. The highest BCUT2D eigenvalue weighted by Crippen LogP contribution is 2.38. The van der Waals surface area contributed by atoms with Crippen LogP contribution in [0.1, 0.15) is 54.0 Å². The molecule has 0 aliphatic carbocycles. The van der Waals surface area contributed by atoms with Gasteiger partial charge < -0.3 is 14.6 Å². The maximum Gasteiger partial charge on any atom is 0.496 e. The zero-order chi connectivity index (χ0) is 20.1. The first-order valence-corrected chi connectivity index (χ1v) is 8.43. The summed E-state index contributed by atoms with van der Waals surface area (Å²) in [7, 11) is -1.02. The number of amides is 1. The van der Waals surface area contributed by atoms with Gasteiger partial charge in [-0.15, -0.1) is 0 Å². The van der Waals surface area contributed by atoms with Gasteiger partial charge in [0.1, 0.15) is 0 Å². The standard InChI is InChI=1S/C18H25BF3NO3/c1-15(2,3)14(24)23-13-9-8-11(18(20,21)22)10-12(13)19-25-16(4,5)17(6,7)26-19/h8-10H,1-7H3,(H,23,24). The molecule has 1 aliphatic heterocycles. The molecule has 8 heteroatoms. The SMILES string of the molecule is CC(C)(C)C(=O)Nc1ccc(C(F)(F)F)cc1B1OC(C)(C)C(C)(C)O1. The summed E-state index contributed by atoms with van der Waals surface area (Å²) in [5, 5.41) is 2.69. The van der Waals surface area contributed by atoms with E-state index in [1.807, 2.05) is 27.7 Å². The summed E-state index contributed by atoms with van der Waals surface area (Å²) in [6.07, 6.45) is -4.51. The zero-order valence-corrected chi connectivity index (χ0v) is 16.2. The van der Waals surface area contributed by atoms with Crippen molar-refractivity contribution in [3.05, 3.63) is 23.8 Å². The van der Waals surface area contributed by atoms with Crippen molar-refractivity contribution in [3.8, 4) is 0 Å². The molecule has 0 aromatic heterocycles. The Morgan fingerprint density at radius 1 is 1.04 bits per heavy atom. The van der Waals surface area contributed by atoms with Crippen molar-refractivity contribution in [3.63, 3.8) is 0 Å². The van der Waals surface area contributed by atoms with E-state index in [2.05, 4.69) is 5.32 Å². The van der Waals surface area contributed by atoms with Gasteiger partial charge >= 0.3 is 13.3 Å². The number of nitrogens with one attached hydrogen (secondary N) is 1. The Kier molecular flexibility index (Phi) is 5.01. The van der Waals surface area contributed by atoms with Gasteiger partial charge in [0.15, 0.2) is 0 Å². The quantitative estimate of drug-likeness (QED) is 0.800. The van der Waals surface area contributed by atoms with Crippen molar-refractivity contribution in [2.24, 2.45) is 5.41 Å². The number of carbonyl (C=O) groups excluding carboxylic acids is 1. The number of alkyl halides is 3. The molecule has 1 amide bonds. The van der Waals surface area contributed by atoms with Gasteiger partial charge in [0, 0.05) is 16.6 Å². The number of benzene rings is 1. The second-order valence-electron chi connectivity index (χ2n) is 8.59. The molecule has 26 heavy (non-hydrogen) atoms. The fourth-order valence-electron chi connectivity index (χ4n) is 2.33. The summed E-state index contributed by atoms with van der Waals surface area (Å²) >= 11 is 0. The number of hydrogen-bond donors (Lipinski definition) is 1. The maximum absolute atomic E-state index is 13.2. The van der Waals surface area contributed by atoms with E-state index in [0.717, 1.165) is 12.1 Å². The Morgan fingerprint density at radius 2 is 1.54 bits per heavy atom. The largest absolute Gasteiger partial charge is 0.496 e. The molecule has 0 atom stereocenters. The number of carbonyl (C=O) groups is 1. The number of halogens is 3. The Morgan fingerprint density at radius 3 is 1.96 bits per heavy atom. The van der Waals surface area contributed by atoms with Crippen molar-refractivity contribution in [1.29, 1.82) is 0 Å². The van der Waals surface area contributed by atoms with Crippen LogP contribution >= 0.6 is 0 Å². The molecular formula is C18H25BF3NO3. The summed E-state index contributed by atoms with van der Waals surface area (Å²) < 4.78 is 51.3. The molecular weight excluding hydrogens is 346 g/mol.